The molecule has 0 spiro atoms. The molecule has 0 radical (unpaired) electrons. The maximum absolute atomic E-state index is 5.82. The minimum Gasteiger partial charge on any atom is -0.438 e. The molecule has 2 rings (SSSR count). The number of ether oxygens (including phenoxy) is 1. The smallest absolute Gasteiger partial charge is 0.227 e. The van der Waals surface area contributed by atoms with Crippen molar-refractivity contribution in [1.29, 1.82) is 0 Å². The normalized spacial score (nSPS) is 10.4. The number of hydrogen-bond acceptors (Lipinski definition) is 4. The van der Waals surface area contributed by atoms with E-state index >= 15 is 0 Å². The number of aromatic nitrogens is 2. The molecule has 1 aromatic heterocycles. The van der Waals surface area contributed by atoms with Crippen LogP contribution in [0.15, 0.2) is 29.0 Å². The predicted octanol–water partition coefficient (Wildman–Crippen LogP) is 3.48. The summed E-state index contributed by atoms with van der Waals surface area (Å²) in [7, 11) is 0. The Kier molecular flexibility index (Phi) is 3.81. The lowest BCUT2D eigenvalue weighted by Gasteiger charge is -2.11. The fourth-order valence-electron chi connectivity index (χ4n) is 1.66. The number of nitrogen functional groups attached to an aromatic ring is 1. The first-order valence-electron chi connectivity index (χ1n) is 5.65. The average Bonchev–Trinajstić information content (AvgIpc) is 2.33. The van der Waals surface area contributed by atoms with Crippen LogP contribution >= 0.6 is 15.9 Å². The van der Waals surface area contributed by atoms with Gasteiger partial charge in [-0.15, -0.1) is 0 Å². The molecule has 0 aliphatic heterocycles. The summed E-state index contributed by atoms with van der Waals surface area (Å²) >= 11 is 3.42. The van der Waals surface area contributed by atoms with Gasteiger partial charge in [-0.05, 0) is 37.1 Å². The van der Waals surface area contributed by atoms with Crippen LogP contribution in [0.3, 0.4) is 0 Å². The molecule has 0 fully saturated rings. The molecule has 5 heteroatoms. The van der Waals surface area contributed by atoms with Crippen LogP contribution in [0.25, 0.3) is 0 Å². The number of halogens is 1. The van der Waals surface area contributed by atoms with Gasteiger partial charge in [0.15, 0.2) is 0 Å². The van der Waals surface area contributed by atoms with Gasteiger partial charge in [-0.3, -0.25) is 0 Å². The highest BCUT2D eigenvalue weighted by Crippen LogP contribution is 2.29. The molecule has 0 amide bonds. The third-order valence-electron chi connectivity index (χ3n) is 2.64. The molecule has 0 saturated carbocycles. The van der Waals surface area contributed by atoms with Crippen LogP contribution < -0.4 is 10.5 Å². The molecule has 0 atom stereocenters. The molecule has 0 aliphatic carbocycles. The lowest BCUT2D eigenvalue weighted by Crippen LogP contribution is -2.02. The van der Waals surface area contributed by atoms with Crippen molar-refractivity contribution in [1.82, 2.24) is 9.97 Å². The highest BCUT2D eigenvalue weighted by Gasteiger charge is 2.10. The molecule has 0 aliphatic rings. The van der Waals surface area contributed by atoms with Crippen molar-refractivity contribution in [2.45, 2.75) is 20.3 Å². The van der Waals surface area contributed by atoms with Gasteiger partial charge in [0.1, 0.15) is 17.9 Å². The van der Waals surface area contributed by atoms with Crippen molar-refractivity contribution in [3.05, 3.63) is 40.1 Å². The van der Waals surface area contributed by atoms with E-state index in [1.54, 1.807) is 0 Å². The fraction of sp³-hybridized carbons (Fsp3) is 0.231. The first-order valence-corrected chi connectivity index (χ1v) is 6.44. The second-order valence-electron chi connectivity index (χ2n) is 3.91. The zero-order valence-corrected chi connectivity index (χ0v) is 11.9. The van der Waals surface area contributed by atoms with Crippen LogP contribution in [0.4, 0.5) is 5.82 Å². The van der Waals surface area contributed by atoms with E-state index in [0.29, 0.717) is 11.7 Å². The summed E-state index contributed by atoms with van der Waals surface area (Å²) in [4.78, 5) is 8.11. The molecular formula is C13H14BrN3O. The number of nitrogens with zero attached hydrogens (tertiary/aromatic N) is 2. The van der Waals surface area contributed by atoms with E-state index in [2.05, 4.69) is 25.9 Å². The fourth-order valence-corrected chi connectivity index (χ4v) is 2.14. The van der Waals surface area contributed by atoms with Crippen LogP contribution in [-0.2, 0) is 6.42 Å². The van der Waals surface area contributed by atoms with Gasteiger partial charge in [0, 0.05) is 4.47 Å². The Bertz CT molecular complexity index is 572. The van der Waals surface area contributed by atoms with Crippen LogP contribution in [0.1, 0.15) is 18.1 Å². The minimum absolute atomic E-state index is 0.470. The second-order valence-corrected chi connectivity index (χ2v) is 4.82. The number of benzene rings is 1. The Morgan fingerprint density at radius 1 is 1.33 bits per heavy atom. The van der Waals surface area contributed by atoms with Gasteiger partial charge in [-0.1, -0.05) is 22.9 Å². The second kappa shape index (κ2) is 5.35. The predicted molar refractivity (Wildman–Crippen MR) is 74.8 cm³/mol. The topological polar surface area (TPSA) is 61.0 Å². The summed E-state index contributed by atoms with van der Waals surface area (Å²) in [6.07, 6.45) is 2.15. The van der Waals surface area contributed by atoms with Crippen LogP contribution in [0.2, 0.25) is 0 Å². The van der Waals surface area contributed by atoms with Crippen LogP contribution in [0, 0.1) is 6.92 Å². The number of anilines is 1. The highest BCUT2D eigenvalue weighted by molar-refractivity contribution is 9.10. The molecule has 2 aromatic rings. The Morgan fingerprint density at radius 3 is 2.78 bits per heavy atom. The molecule has 94 valence electrons. The van der Waals surface area contributed by atoms with Crippen molar-refractivity contribution in [3.8, 4) is 11.6 Å². The van der Waals surface area contributed by atoms with E-state index < -0.39 is 0 Å². The largest absolute Gasteiger partial charge is 0.438 e. The van der Waals surface area contributed by atoms with Crippen molar-refractivity contribution in [2.75, 3.05) is 5.73 Å². The van der Waals surface area contributed by atoms with Crippen molar-refractivity contribution < 1.29 is 4.74 Å². The Balaban J connectivity index is 2.37. The highest BCUT2D eigenvalue weighted by atomic mass is 79.9. The number of rotatable bonds is 3. The summed E-state index contributed by atoms with van der Waals surface area (Å²) in [5, 5.41) is 0. The van der Waals surface area contributed by atoms with Crippen molar-refractivity contribution >= 4 is 21.7 Å². The van der Waals surface area contributed by atoms with Gasteiger partial charge in [0.05, 0.1) is 5.56 Å². The van der Waals surface area contributed by atoms with E-state index in [1.165, 1.54) is 6.33 Å². The molecule has 18 heavy (non-hydrogen) atoms. The summed E-state index contributed by atoms with van der Waals surface area (Å²) in [5.74, 6) is 1.76. The van der Waals surface area contributed by atoms with Gasteiger partial charge in [0.2, 0.25) is 5.88 Å². The minimum atomic E-state index is 0.470. The molecule has 2 N–H and O–H groups in total. The number of nitrogens with two attached hydrogens (primary N) is 1. The summed E-state index contributed by atoms with van der Waals surface area (Å²) < 4.78 is 6.83. The van der Waals surface area contributed by atoms with E-state index in [0.717, 1.165) is 27.8 Å². The summed E-state index contributed by atoms with van der Waals surface area (Å²) in [6.45, 7) is 3.98. The zero-order valence-electron chi connectivity index (χ0n) is 10.3. The van der Waals surface area contributed by atoms with Crippen molar-refractivity contribution in [2.24, 2.45) is 0 Å². The molecular weight excluding hydrogens is 294 g/mol. The Hall–Kier alpha value is -1.62. The Morgan fingerprint density at radius 2 is 2.11 bits per heavy atom. The number of hydrogen-bond donors (Lipinski definition) is 1. The number of aryl methyl sites for hydroxylation is 1. The monoisotopic (exact) mass is 307 g/mol. The third kappa shape index (κ3) is 2.61. The van der Waals surface area contributed by atoms with Crippen molar-refractivity contribution in [3.63, 3.8) is 0 Å². The van der Waals surface area contributed by atoms with E-state index in [-0.39, 0.29) is 0 Å². The molecule has 0 saturated heterocycles. The van der Waals surface area contributed by atoms with Crippen LogP contribution in [-0.4, -0.2) is 9.97 Å². The first-order chi connectivity index (χ1) is 8.61. The maximum Gasteiger partial charge on any atom is 0.227 e. The maximum atomic E-state index is 5.82. The van der Waals surface area contributed by atoms with Gasteiger partial charge in [0.25, 0.3) is 0 Å². The van der Waals surface area contributed by atoms with E-state index in [1.807, 2.05) is 32.0 Å². The SMILES string of the molecule is CCc1c(N)ncnc1Oc1ccc(Br)cc1C. The van der Waals surface area contributed by atoms with Gasteiger partial charge >= 0.3 is 0 Å². The lowest BCUT2D eigenvalue weighted by molar-refractivity contribution is 0.452. The van der Waals surface area contributed by atoms with E-state index in [4.69, 9.17) is 10.5 Å². The zero-order chi connectivity index (χ0) is 13.1. The third-order valence-corrected chi connectivity index (χ3v) is 3.13. The summed E-state index contributed by atoms with van der Waals surface area (Å²) in [6, 6.07) is 5.82. The van der Waals surface area contributed by atoms with Gasteiger partial charge in [-0.2, -0.15) is 0 Å². The summed E-state index contributed by atoms with van der Waals surface area (Å²) in [5.41, 5.74) is 7.67. The molecule has 0 bridgehead atoms. The van der Waals surface area contributed by atoms with Crippen LogP contribution in [0.5, 0.6) is 11.6 Å². The molecule has 4 nitrogen and oxygen atoms in total. The van der Waals surface area contributed by atoms with Gasteiger partial charge < -0.3 is 10.5 Å². The first kappa shape index (κ1) is 12.8. The molecule has 1 aromatic carbocycles. The molecule has 1 heterocycles. The van der Waals surface area contributed by atoms with Gasteiger partial charge in [-0.25, -0.2) is 9.97 Å². The standard InChI is InChI=1S/C13H14BrN3O/c1-3-10-12(15)16-7-17-13(10)18-11-5-4-9(14)6-8(11)2/h4-7H,3H2,1-2H3,(H2,15,16,17). The quantitative estimate of drug-likeness (QED) is 0.943. The Labute approximate surface area is 114 Å². The van der Waals surface area contributed by atoms with E-state index in [9.17, 15) is 0 Å². The average molecular weight is 308 g/mol. The lowest BCUT2D eigenvalue weighted by atomic mass is 10.2. The molecule has 0 unspecified atom stereocenters.